The minimum Gasteiger partial charge on any atom is -0.497 e. The Hall–Kier alpha value is -3.19. The first kappa shape index (κ1) is 21.1. The Balaban J connectivity index is 1.30. The Labute approximate surface area is 182 Å². The summed E-state index contributed by atoms with van der Waals surface area (Å²) in [5.74, 6) is 2.19. The highest BCUT2D eigenvalue weighted by Crippen LogP contribution is 2.20. The number of likely N-dealkylation sites (tertiary alicyclic amines) is 1. The third-order valence-electron chi connectivity index (χ3n) is 5.58. The van der Waals surface area contributed by atoms with Crippen LogP contribution in [-0.2, 0) is 13.1 Å². The number of amides is 1. The highest BCUT2D eigenvalue weighted by molar-refractivity contribution is 5.94. The van der Waals surface area contributed by atoms with Crippen LogP contribution in [0.5, 0.6) is 5.75 Å². The van der Waals surface area contributed by atoms with Crippen LogP contribution in [0.15, 0.2) is 53.1 Å². The first-order valence-corrected chi connectivity index (χ1v) is 10.7. The monoisotopic (exact) mass is 420 g/mol. The Morgan fingerprint density at radius 1 is 1.19 bits per heavy atom. The van der Waals surface area contributed by atoms with Crippen LogP contribution in [0.2, 0.25) is 0 Å². The number of ether oxygens (including phenoxy) is 1. The quantitative estimate of drug-likeness (QED) is 0.624. The second-order valence-corrected chi connectivity index (χ2v) is 8.10. The van der Waals surface area contributed by atoms with E-state index in [0.29, 0.717) is 17.3 Å². The predicted octanol–water partition coefficient (Wildman–Crippen LogP) is 3.91. The molecule has 0 radical (unpaired) electrons. The zero-order valence-electron chi connectivity index (χ0n) is 18.0. The molecule has 3 aromatic rings. The summed E-state index contributed by atoms with van der Waals surface area (Å²) in [6, 6.07) is 15.2. The van der Waals surface area contributed by atoms with Crippen molar-refractivity contribution >= 4 is 5.91 Å². The van der Waals surface area contributed by atoms with Crippen molar-refractivity contribution in [1.29, 1.82) is 0 Å². The Bertz CT molecular complexity index is 998. The molecule has 1 saturated heterocycles. The molecule has 1 aliphatic heterocycles. The molecule has 7 heteroatoms. The second-order valence-electron chi connectivity index (χ2n) is 8.10. The molecule has 1 N–H and O–H groups in total. The van der Waals surface area contributed by atoms with E-state index in [9.17, 15) is 4.79 Å². The molecule has 0 spiro atoms. The van der Waals surface area contributed by atoms with E-state index in [1.807, 2.05) is 48.5 Å². The lowest BCUT2D eigenvalue weighted by Gasteiger charge is -2.30. The van der Waals surface area contributed by atoms with Gasteiger partial charge in [-0.2, -0.15) is 4.98 Å². The maximum absolute atomic E-state index is 12.5. The SMILES string of the molecule is COc1ccc(-c2noc(CNC(=O)c3ccc(CN4CCCC(C)C4)cc3)n2)cc1. The summed E-state index contributed by atoms with van der Waals surface area (Å²) in [5, 5.41) is 6.82. The largest absolute Gasteiger partial charge is 0.497 e. The minimum absolute atomic E-state index is 0.164. The number of aromatic nitrogens is 2. The smallest absolute Gasteiger partial charge is 0.251 e. The fourth-order valence-corrected chi connectivity index (χ4v) is 3.89. The summed E-state index contributed by atoms with van der Waals surface area (Å²) >= 11 is 0. The van der Waals surface area contributed by atoms with E-state index in [0.717, 1.165) is 36.9 Å². The lowest BCUT2D eigenvalue weighted by atomic mass is 9.99. The van der Waals surface area contributed by atoms with Crippen molar-refractivity contribution in [3.63, 3.8) is 0 Å². The van der Waals surface area contributed by atoms with Crippen LogP contribution < -0.4 is 10.1 Å². The van der Waals surface area contributed by atoms with Crippen LogP contribution in [0.25, 0.3) is 11.4 Å². The summed E-state index contributed by atoms with van der Waals surface area (Å²) in [5.41, 5.74) is 2.66. The number of nitrogens with one attached hydrogen (secondary N) is 1. The van der Waals surface area contributed by atoms with Gasteiger partial charge in [0, 0.05) is 24.2 Å². The molecule has 1 atom stereocenters. The van der Waals surface area contributed by atoms with Crippen LogP contribution >= 0.6 is 0 Å². The second kappa shape index (κ2) is 9.75. The first-order chi connectivity index (χ1) is 15.1. The van der Waals surface area contributed by atoms with Gasteiger partial charge in [0.25, 0.3) is 5.91 Å². The molecule has 0 aliphatic carbocycles. The average molecular weight is 421 g/mol. The van der Waals surface area contributed by atoms with Crippen molar-refractivity contribution in [2.75, 3.05) is 20.2 Å². The van der Waals surface area contributed by atoms with Gasteiger partial charge in [-0.25, -0.2) is 0 Å². The molecule has 31 heavy (non-hydrogen) atoms. The number of nitrogens with zero attached hydrogens (tertiary/aromatic N) is 3. The van der Waals surface area contributed by atoms with E-state index >= 15 is 0 Å². The summed E-state index contributed by atoms with van der Waals surface area (Å²) < 4.78 is 10.4. The van der Waals surface area contributed by atoms with Crippen LogP contribution in [0.3, 0.4) is 0 Å². The molecule has 2 aromatic carbocycles. The van der Waals surface area contributed by atoms with Crippen molar-refractivity contribution in [1.82, 2.24) is 20.4 Å². The third kappa shape index (κ3) is 5.49. The number of benzene rings is 2. The Morgan fingerprint density at radius 2 is 1.97 bits per heavy atom. The molecule has 0 saturated carbocycles. The van der Waals surface area contributed by atoms with E-state index in [1.165, 1.54) is 18.4 Å². The van der Waals surface area contributed by atoms with Gasteiger partial charge in [0.1, 0.15) is 5.75 Å². The Kier molecular flexibility index (Phi) is 6.62. The molecule has 1 aliphatic rings. The standard InChI is InChI=1S/C24H28N4O3/c1-17-4-3-13-28(15-17)16-18-5-7-20(8-6-18)24(29)25-14-22-26-23(27-31-22)19-9-11-21(30-2)12-10-19/h5-12,17H,3-4,13-16H2,1-2H3,(H,25,29). The van der Waals surface area contributed by atoms with Gasteiger partial charge in [0.05, 0.1) is 13.7 Å². The predicted molar refractivity (Wildman–Crippen MR) is 118 cm³/mol. The van der Waals surface area contributed by atoms with Crippen LogP contribution in [0.1, 0.15) is 41.6 Å². The molecular formula is C24H28N4O3. The normalized spacial score (nSPS) is 16.8. The summed E-state index contributed by atoms with van der Waals surface area (Å²) in [6.07, 6.45) is 2.58. The van der Waals surface area contributed by atoms with E-state index in [-0.39, 0.29) is 12.5 Å². The minimum atomic E-state index is -0.164. The molecule has 1 amide bonds. The topological polar surface area (TPSA) is 80.5 Å². The summed E-state index contributed by atoms with van der Waals surface area (Å²) in [6.45, 7) is 5.71. The molecule has 162 valence electrons. The van der Waals surface area contributed by atoms with Crippen LogP contribution in [0, 0.1) is 5.92 Å². The van der Waals surface area contributed by atoms with Crippen molar-refractivity contribution in [2.45, 2.75) is 32.9 Å². The number of piperidine rings is 1. The van der Waals surface area contributed by atoms with Crippen LogP contribution in [0.4, 0.5) is 0 Å². The van der Waals surface area contributed by atoms with Gasteiger partial charge in [0.15, 0.2) is 0 Å². The maximum Gasteiger partial charge on any atom is 0.251 e. The number of methoxy groups -OCH3 is 1. The number of rotatable bonds is 7. The van der Waals surface area contributed by atoms with Crippen molar-refractivity contribution in [3.05, 3.63) is 65.5 Å². The lowest BCUT2D eigenvalue weighted by Crippen LogP contribution is -2.33. The molecule has 2 heterocycles. The van der Waals surface area contributed by atoms with Gasteiger partial charge >= 0.3 is 0 Å². The van der Waals surface area contributed by atoms with Gasteiger partial charge in [-0.05, 0) is 67.3 Å². The van der Waals surface area contributed by atoms with E-state index < -0.39 is 0 Å². The van der Waals surface area contributed by atoms with E-state index in [1.54, 1.807) is 7.11 Å². The fraction of sp³-hybridized carbons (Fsp3) is 0.375. The van der Waals surface area contributed by atoms with E-state index in [4.69, 9.17) is 9.26 Å². The molecule has 4 rings (SSSR count). The molecule has 0 bridgehead atoms. The fourth-order valence-electron chi connectivity index (χ4n) is 3.89. The van der Waals surface area contributed by atoms with Gasteiger partial charge in [-0.3, -0.25) is 9.69 Å². The highest BCUT2D eigenvalue weighted by Gasteiger charge is 2.16. The van der Waals surface area contributed by atoms with Gasteiger partial charge in [-0.1, -0.05) is 24.2 Å². The van der Waals surface area contributed by atoms with Gasteiger partial charge in [-0.15, -0.1) is 0 Å². The van der Waals surface area contributed by atoms with Crippen LogP contribution in [-0.4, -0.2) is 41.1 Å². The highest BCUT2D eigenvalue weighted by atomic mass is 16.5. The Morgan fingerprint density at radius 3 is 2.68 bits per heavy atom. The van der Waals surface area contributed by atoms with Gasteiger partial charge < -0.3 is 14.6 Å². The van der Waals surface area contributed by atoms with E-state index in [2.05, 4.69) is 27.3 Å². The number of hydrogen-bond acceptors (Lipinski definition) is 6. The molecule has 1 aromatic heterocycles. The summed E-state index contributed by atoms with van der Waals surface area (Å²) in [4.78, 5) is 19.3. The van der Waals surface area contributed by atoms with Gasteiger partial charge in [0.2, 0.25) is 11.7 Å². The number of carbonyl (C=O) groups is 1. The third-order valence-corrected chi connectivity index (χ3v) is 5.58. The maximum atomic E-state index is 12.5. The molecular weight excluding hydrogens is 392 g/mol. The van der Waals surface area contributed by atoms with Crippen molar-refractivity contribution < 1.29 is 14.1 Å². The number of hydrogen-bond donors (Lipinski definition) is 1. The zero-order valence-corrected chi connectivity index (χ0v) is 18.0. The van der Waals surface area contributed by atoms with Crippen molar-refractivity contribution in [3.8, 4) is 17.1 Å². The molecule has 7 nitrogen and oxygen atoms in total. The average Bonchev–Trinajstić information content (AvgIpc) is 3.27. The number of carbonyl (C=O) groups excluding carboxylic acids is 1. The molecule has 1 fully saturated rings. The summed E-state index contributed by atoms with van der Waals surface area (Å²) in [7, 11) is 1.62. The molecule has 1 unspecified atom stereocenters. The first-order valence-electron chi connectivity index (χ1n) is 10.7. The lowest BCUT2D eigenvalue weighted by molar-refractivity contribution is 0.0946. The zero-order chi connectivity index (χ0) is 21.6. The van der Waals surface area contributed by atoms with Crippen molar-refractivity contribution in [2.24, 2.45) is 5.92 Å².